The highest BCUT2D eigenvalue weighted by Crippen LogP contribution is 2.37. The van der Waals surface area contributed by atoms with Crippen LogP contribution in [0, 0.1) is 0 Å². The van der Waals surface area contributed by atoms with E-state index in [0.29, 0.717) is 6.04 Å². The molecule has 26 heavy (non-hydrogen) atoms. The van der Waals surface area contributed by atoms with E-state index in [2.05, 4.69) is 37.9 Å². The number of aromatic nitrogens is 4. The topological polar surface area (TPSA) is 75.9 Å². The minimum Gasteiger partial charge on any atom is -0.372 e. The van der Waals surface area contributed by atoms with Crippen molar-refractivity contribution in [3.63, 3.8) is 0 Å². The lowest BCUT2D eigenvalue weighted by atomic mass is 10.1. The van der Waals surface area contributed by atoms with E-state index >= 15 is 0 Å². The summed E-state index contributed by atoms with van der Waals surface area (Å²) in [5, 5.41) is 15.3. The van der Waals surface area contributed by atoms with Gasteiger partial charge in [0.05, 0.1) is 11.3 Å². The molecule has 1 saturated heterocycles. The van der Waals surface area contributed by atoms with Crippen LogP contribution in [0.4, 0.5) is 11.4 Å². The van der Waals surface area contributed by atoms with Crippen molar-refractivity contribution in [3.8, 4) is 0 Å². The molecule has 1 saturated carbocycles. The molecule has 0 radical (unpaired) electrons. The van der Waals surface area contributed by atoms with E-state index in [9.17, 15) is 4.79 Å². The number of piperidine rings is 1. The molecular weight excluding hydrogens is 348 g/mol. The predicted octanol–water partition coefficient (Wildman–Crippen LogP) is 3.12. The number of nitrogens with zero attached hydrogens (tertiary/aromatic N) is 5. The lowest BCUT2D eigenvalue weighted by molar-refractivity contribution is -0.115. The average Bonchev–Trinajstić information content (AvgIpc) is 3.42. The Kier molecular flexibility index (Phi) is 5.10. The number of benzene rings is 1. The Morgan fingerprint density at radius 2 is 1.92 bits per heavy atom. The summed E-state index contributed by atoms with van der Waals surface area (Å²) in [4.78, 5) is 14.9. The maximum absolute atomic E-state index is 12.5. The molecule has 1 N–H and O–H groups in total. The molecule has 1 unspecified atom stereocenters. The Labute approximate surface area is 157 Å². The Morgan fingerprint density at radius 3 is 2.62 bits per heavy atom. The Balaban J connectivity index is 1.34. The van der Waals surface area contributed by atoms with Gasteiger partial charge in [-0.1, -0.05) is 11.8 Å². The molecule has 2 fully saturated rings. The number of carbonyl (C=O) groups excluding carboxylic acids is 1. The van der Waals surface area contributed by atoms with E-state index in [1.807, 2.05) is 23.7 Å². The molecule has 1 aromatic carbocycles. The fourth-order valence-electron chi connectivity index (χ4n) is 3.17. The third-order valence-corrected chi connectivity index (χ3v) is 5.91. The van der Waals surface area contributed by atoms with Gasteiger partial charge in [0.2, 0.25) is 11.1 Å². The summed E-state index contributed by atoms with van der Waals surface area (Å²) < 4.78 is 1.84. The Hall–Kier alpha value is -2.09. The van der Waals surface area contributed by atoms with E-state index in [0.717, 1.165) is 36.8 Å². The van der Waals surface area contributed by atoms with E-state index in [1.165, 1.54) is 36.7 Å². The fourth-order valence-corrected chi connectivity index (χ4v) is 4.03. The van der Waals surface area contributed by atoms with Gasteiger partial charge in [0.15, 0.2) is 0 Å². The lowest BCUT2D eigenvalue weighted by Crippen LogP contribution is -2.29. The van der Waals surface area contributed by atoms with E-state index < -0.39 is 0 Å². The second-order valence-electron chi connectivity index (χ2n) is 6.98. The zero-order valence-electron chi connectivity index (χ0n) is 15.0. The van der Waals surface area contributed by atoms with Crippen molar-refractivity contribution in [1.29, 1.82) is 0 Å². The first-order valence-corrected chi connectivity index (χ1v) is 10.2. The van der Waals surface area contributed by atoms with Crippen LogP contribution in [0.2, 0.25) is 0 Å². The molecule has 4 rings (SSSR count). The number of hydrogen-bond donors (Lipinski definition) is 1. The first kappa shape index (κ1) is 17.3. The molecule has 1 atom stereocenters. The van der Waals surface area contributed by atoms with Gasteiger partial charge in [-0.2, -0.15) is 0 Å². The van der Waals surface area contributed by atoms with Gasteiger partial charge in [0, 0.05) is 24.5 Å². The number of rotatable bonds is 6. The SMILES string of the molecule is CC(Sc1nnnn1C1CC1)C(=O)Nc1ccc(N2CCCCC2)cc1. The van der Waals surface area contributed by atoms with Gasteiger partial charge in [-0.05, 0) is 73.7 Å². The molecule has 2 aliphatic rings. The summed E-state index contributed by atoms with van der Waals surface area (Å²) in [5.41, 5.74) is 2.05. The van der Waals surface area contributed by atoms with Gasteiger partial charge in [-0.15, -0.1) is 5.10 Å². The second-order valence-corrected chi connectivity index (χ2v) is 8.29. The van der Waals surface area contributed by atoms with E-state index in [1.54, 1.807) is 0 Å². The summed E-state index contributed by atoms with van der Waals surface area (Å²) in [6.07, 6.45) is 6.07. The minimum atomic E-state index is -0.264. The van der Waals surface area contributed by atoms with Crippen LogP contribution in [0.15, 0.2) is 29.4 Å². The number of anilines is 2. The van der Waals surface area contributed by atoms with Gasteiger partial charge in [-0.3, -0.25) is 4.79 Å². The fraction of sp³-hybridized carbons (Fsp3) is 0.556. The lowest BCUT2D eigenvalue weighted by Gasteiger charge is -2.28. The van der Waals surface area contributed by atoms with Crippen LogP contribution in [-0.4, -0.2) is 44.5 Å². The number of tetrazole rings is 1. The van der Waals surface area contributed by atoms with Gasteiger partial charge in [-0.25, -0.2) is 4.68 Å². The number of nitrogens with one attached hydrogen (secondary N) is 1. The van der Waals surface area contributed by atoms with Gasteiger partial charge < -0.3 is 10.2 Å². The molecule has 7 nitrogen and oxygen atoms in total. The molecule has 1 aliphatic carbocycles. The summed E-state index contributed by atoms with van der Waals surface area (Å²) in [5.74, 6) is -0.0360. The highest BCUT2D eigenvalue weighted by molar-refractivity contribution is 8.00. The molecule has 138 valence electrons. The normalized spacial score (nSPS) is 18.6. The third-order valence-electron chi connectivity index (χ3n) is 4.86. The molecule has 8 heteroatoms. The highest BCUT2D eigenvalue weighted by Gasteiger charge is 2.29. The number of hydrogen-bond acceptors (Lipinski definition) is 6. The number of amides is 1. The van der Waals surface area contributed by atoms with E-state index in [-0.39, 0.29) is 11.2 Å². The maximum atomic E-state index is 12.5. The molecule has 1 amide bonds. The van der Waals surface area contributed by atoms with Crippen molar-refractivity contribution in [2.45, 2.75) is 55.5 Å². The van der Waals surface area contributed by atoms with Crippen molar-refractivity contribution in [2.75, 3.05) is 23.3 Å². The average molecular weight is 372 g/mol. The highest BCUT2D eigenvalue weighted by atomic mass is 32.2. The summed E-state index contributed by atoms with van der Waals surface area (Å²) in [6, 6.07) is 8.55. The van der Waals surface area contributed by atoms with Crippen LogP contribution < -0.4 is 10.2 Å². The zero-order chi connectivity index (χ0) is 17.9. The third kappa shape index (κ3) is 4.00. The van der Waals surface area contributed by atoms with Crippen LogP contribution >= 0.6 is 11.8 Å². The maximum Gasteiger partial charge on any atom is 0.237 e. The molecule has 0 spiro atoms. The van der Waals surface area contributed by atoms with Gasteiger partial charge in [0.1, 0.15) is 0 Å². The second kappa shape index (κ2) is 7.65. The molecule has 1 aromatic heterocycles. The van der Waals surface area contributed by atoms with Crippen molar-refractivity contribution in [3.05, 3.63) is 24.3 Å². The zero-order valence-corrected chi connectivity index (χ0v) is 15.8. The van der Waals surface area contributed by atoms with Crippen molar-refractivity contribution in [1.82, 2.24) is 20.2 Å². The van der Waals surface area contributed by atoms with Crippen molar-refractivity contribution in [2.24, 2.45) is 0 Å². The van der Waals surface area contributed by atoms with Crippen LogP contribution in [0.5, 0.6) is 0 Å². The first-order chi connectivity index (χ1) is 12.7. The largest absolute Gasteiger partial charge is 0.372 e. The standard InChI is InChI=1S/C18H24N6OS/c1-13(26-18-20-21-22-24(18)16-9-10-16)17(25)19-14-5-7-15(8-6-14)23-11-3-2-4-12-23/h5-8,13,16H,2-4,9-12H2,1H3,(H,19,25). The summed E-state index contributed by atoms with van der Waals surface area (Å²) in [6.45, 7) is 4.12. The molecule has 2 heterocycles. The van der Waals surface area contributed by atoms with Crippen molar-refractivity contribution >= 4 is 29.0 Å². The van der Waals surface area contributed by atoms with Gasteiger partial charge in [0.25, 0.3) is 0 Å². The quantitative estimate of drug-likeness (QED) is 0.785. The van der Waals surface area contributed by atoms with Gasteiger partial charge >= 0.3 is 0 Å². The van der Waals surface area contributed by atoms with Crippen LogP contribution in [0.25, 0.3) is 0 Å². The predicted molar refractivity (Wildman–Crippen MR) is 103 cm³/mol. The molecule has 2 aromatic rings. The van der Waals surface area contributed by atoms with Crippen LogP contribution in [0.1, 0.15) is 45.1 Å². The Morgan fingerprint density at radius 1 is 1.19 bits per heavy atom. The van der Waals surface area contributed by atoms with Crippen LogP contribution in [0.3, 0.4) is 0 Å². The Bertz CT molecular complexity index is 751. The molecular formula is C18H24N6OS. The first-order valence-electron chi connectivity index (χ1n) is 9.31. The summed E-state index contributed by atoms with van der Waals surface area (Å²) >= 11 is 1.40. The molecule has 1 aliphatic heterocycles. The monoisotopic (exact) mass is 372 g/mol. The number of thioether (sulfide) groups is 1. The minimum absolute atomic E-state index is 0.0360. The number of carbonyl (C=O) groups is 1. The van der Waals surface area contributed by atoms with Crippen LogP contribution in [-0.2, 0) is 4.79 Å². The molecule has 0 bridgehead atoms. The smallest absolute Gasteiger partial charge is 0.237 e. The van der Waals surface area contributed by atoms with Crippen molar-refractivity contribution < 1.29 is 4.79 Å². The summed E-state index contributed by atoms with van der Waals surface area (Å²) in [7, 11) is 0. The van der Waals surface area contributed by atoms with E-state index in [4.69, 9.17) is 0 Å².